The predicted molar refractivity (Wildman–Crippen MR) is 50.3 cm³/mol. The second-order valence-electron chi connectivity index (χ2n) is 3.27. The first kappa shape index (κ1) is 9.02. The standard InChI is InChI=1S/C8H13N3OS/c9-4-7-10-11-8(12-7)13-5-6-2-1-3-6/h6H,1-5,9H2. The van der Waals surface area contributed by atoms with Gasteiger partial charge in [-0.1, -0.05) is 18.2 Å². The summed E-state index contributed by atoms with van der Waals surface area (Å²) in [5, 5.41) is 8.34. The smallest absolute Gasteiger partial charge is 0.276 e. The lowest BCUT2D eigenvalue weighted by Gasteiger charge is -2.23. The molecule has 1 aromatic heterocycles. The molecule has 1 fully saturated rings. The van der Waals surface area contributed by atoms with Crippen molar-refractivity contribution in [3.63, 3.8) is 0 Å². The molecule has 0 aromatic carbocycles. The molecule has 72 valence electrons. The van der Waals surface area contributed by atoms with Gasteiger partial charge in [0.05, 0.1) is 6.54 Å². The van der Waals surface area contributed by atoms with Gasteiger partial charge in [0, 0.05) is 5.75 Å². The summed E-state index contributed by atoms with van der Waals surface area (Å²) in [6.07, 6.45) is 4.08. The van der Waals surface area contributed by atoms with E-state index in [1.165, 1.54) is 19.3 Å². The normalized spacial score (nSPS) is 17.3. The molecule has 4 nitrogen and oxygen atoms in total. The van der Waals surface area contributed by atoms with E-state index < -0.39 is 0 Å². The average Bonchev–Trinajstić information content (AvgIpc) is 2.49. The van der Waals surface area contributed by atoms with Crippen LogP contribution in [0.3, 0.4) is 0 Å². The molecule has 13 heavy (non-hydrogen) atoms. The molecule has 0 spiro atoms. The quantitative estimate of drug-likeness (QED) is 0.743. The Morgan fingerprint density at radius 3 is 2.85 bits per heavy atom. The molecule has 1 aliphatic rings. The Hall–Kier alpha value is -0.550. The summed E-state index contributed by atoms with van der Waals surface area (Å²) in [5.74, 6) is 2.49. The number of hydrogen-bond acceptors (Lipinski definition) is 5. The van der Waals surface area contributed by atoms with Crippen LogP contribution in [-0.4, -0.2) is 16.0 Å². The van der Waals surface area contributed by atoms with Crippen molar-refractivity contribution in [1.82, 2.24) is 10.2 Å². The molecular weight excluding hydrogens is 186 g/mol. The van der Waals surface area contributed by atoms with Gasteiger partial charge in [0.2, 0.25) is 5.89 Å². The number of rotatable bonds is 4. The second kappa shape index (κ2) is 4.11. The molecule has 0 amide bonds. The lowest BCUT2D eigenvalue weighted by molar-refractivity contribution is 0.350. The summed E-state index contributed by atoms with van der Waals surface area (Å²) in [4.78, 5) is 0. The maximum absolute atomic E-state index is 5.35. The van der Waals surface area contributed by atoms with Gasteiger partial charge >= 0.3 is 0 Å². The number of nitrogens with two attached hydrogens (primary N) is 1. The number of aromatic nitrogens is 2. The second-order valence-corrected chi connectivity index (χ2v) is 4.25. The van der Waals surface area contributed by atoms with Crippen LogP contribution >= 0.6 is 11.8 Å². The highest BCUT2D eigenvalue weighted by molar-refractivity contribution is 7.99. The first-order valence-corrected chi connectivity index (χ1v) is 5.52. The fraction of sp³-hybridized carbons (Fsp3) is 0.750. The fourth-order valence-corrected chi connectivity index (χ4v) is 2.19. The molecule has 0 radical (unpaired) electrons. The predicted octanol–water partition coefficient (Wildman–Crippen LogP) is 1.42. The summed E-state index contributed by atoms with van der Waals surface area (Å²) in [6, 6.07) is 0. The van der Waals surface area contributed by atoms with Crippen LogP contribution in [0.5, 0.6) is 0 Å². The molecule has 1 aliphatic carbocycles. The molecule has 1 saturated carbocycles. The Bertz CT molecular complexity index is 272. The van der Waals surface area contributed by atoms with Gasteiger partial charge in [-0.05, 0) is 18.8 Å². The van der Waals surface area contributed by atoms with Crippen LogP contribution in [0, 0.1) is 5.92 Å². The third-order valence-corrected chi connectivity index (χ3v) is 3.34. The summed E-state index contributed by atoms with van der Waals surface area (Å²) in [7, 11) is 0. The molecule has 5 heteroatoms. The van der Waals surface area contributed by atoms with E-state index in [9.17, 15) is 0 Å². The van der Waals surface area contributed by atoms with Crippen molar-refractivity contribution in [3.8, 4) is 0 Å². The zero-order valence-corrected chi connectivity index (χ0v) is 8.22. The van der Waals surface area contributed by atoms with Gasteiger partial charge < -0.3 is 10.2 Å². The van der Waals surface area contributed by atoms with Crippen molar-refractivity contribution in [2.45, 2.75) is 31.0 Å². The van der Waals surface area contributed by atoms with Gasteiger partial charge in [0.1, 0.15) is 0 Å². The van der Waals surface area contributed by atoms with E-state index >= 15 is 0 Å². The van der Waals surface area contributed by atoms with Gasteiger partial charge in [-0.2, -0.15) is 0 Å². The van der Waals surface area contributed by atoms with Crippen molar-refractivity contribution >= 4 is 11.8 Å². The summed E-state index contributed by atoms with van der Waals surface area (Å²) in [5.41, 5.74) is 5.35. The molecular formula is C8H13N3OS. The van der Waals surface area contributed by atoms with E-state index in [0.717, 1.165) is 11.7 Å². The van der Waals surface area contributed by atoms with Crippen molar-refractivity contribution in [3.05, 3.63) is 5.89 Å². The zero-order chi connectivity index (χ0) is 9.10. The van der Waals surface area contributed by atoms with Crippen molar-refractivity contribution < 1.29 is 4.42 Å². The lowest BCUT2D eigenvalue weighted by Crippen LogP contribution is -2.13. The molecule has 1 aromatic rings. The highest BCUT2D eigenvalue weighted by Gasteiger charge is 2.18. The molecule has 2 rings (SSSR count). The Morgan fingerprint density at radius 1 is 1.46 bits per heavy atom. The molecule has 0 aliphatic heterocycles. The van der Waals surface area contributed by atoms with E-state index in [2.05, 4.69) is 10.2 Å². The first-order chi connectivity index (χ1) is 6.38. The zero-order valence-electron chi connectivity index (χ0n) is 7.40. The molecule has 1 heterocycles. The Labute approximate surface area is 81.3 Å². The minimum absolute atomic E-state index is 0.330. The van der Waals surface area contributed by atoms with Crippen LogP contribution in [0.25, 0.3) is 0 Å². The third-order valence-electron chi connectivity index (χ3n) is 2.29. The van der Waals surface area contributed by atoms with Gasteiger partial charge in [0.15, 0.2) is 0 Å². The van der Waals surface area contributed by atoms with Gasteiger partial charge in [-0.25, -0.2) is 0 Å². The minimum Gasteiger partial charge on any atom is -0.415 e. The Morgan fingerprint density at radius 2 is 2.31 bits per heavy atom. The Balaban J connectivity index is 1.79. The van der Waals surface area contributed by atoms with E-state index in [0.29, 0.717) is 17.7 Å². The Kier molecular flexibility index (Phi) is 2.85. The monoisotopic (exact) mass is 199 g/mol. The maximum atomic E-state index is 5.35. The summed E-state index contributed by atoms with van der Waals surface area (Å²) in [6.45, 7) is 0.330. The van der Waals surface area contributed by atoms with E-state index in [1.807, 2.05) is 0 Å². The SMILES string of the molecule is NCc1nnc(SCC2CCC2)o1. The van der Waals surface area contributed by atoms with Crippen LogP contribution in [0.4, 0.5) is 0 Å². The van der Waals surface area contributed by atoms with Gasteiger partial charge in [-0.3, -0.25) is 0 Å². The fourth-order valence-electron chi connectivity index (χ4n) is 1.23. The van der Waals surface area contributed by atoms with Crippen LogP contribution in [0.1, 0.15) is 25.2 Å². The highest BCUT2D eigenvalue weighted by Crippen LogP contribution is 2.31. The number of hydrogen-bond donors (Lipinski definition) is 1. The molecule has 0 atom stereocenters. The summed E-state index contributed by atoms with van der Waals surface area (Å²) < 4.78 is 5.27. The van der Waals surface area contributed by atoms with Crippen LogP contribution in [0.2, 0.25) is 0 Å². The lowest BCUT2D eigenvalue weighted by atomic mass is 9.87. The molecule has 0 bridgehead atoms. The van der Waals surface area contributed by atoms with Gasteiger partial charge in [-0.15, -0.1) is 10.2 Å². The summed E-state index contributed by atoms with van der Waals surface area (Å²) >= 11 is 1.64. The number of nitrogens with zero attached hydrogens (tertiary/aromatic N) is 2. The van der Waals surface area contributed by atoms with Gasteiger partial charge in [0.25, 0.3) is 5.22 Å². The van der Waals surface area contributed by atoms with E-state index in [1.54, 1.807) is 11.8 Å². The largest absolute Gasteiger partial charge is 0.415 e. The van der Waals surface area contributed by atoms with Crippen molar-refractivity contribution in [2.75, 3.05) is 5.75 Å². The third kappa shape index (κ3) is 2.22. The van der Waals surface area contributed by atoms with E-state index in [-0.39, 0.29) is 0 Å². The number of thioether (sulfide) groups is 1. The van der Waals surface area contributed by atoms with Crippen molar-refractivity contribution in [2.24, 2.45) is 11.7 Å². The van der Waals surface area contributed by atoms with Crippen molar-refractivity contribution in [1.29, 1.82) is 0 Å². The highest BCUT2D eigenvalue weighted by atomic mass is 32.2. The van der Waals surface area contributed by atoms with Crippen LogP contribution < -0.4 is 5.73 Å². The van der Waals surface area contributed by atoms with E-state index in [4.69, 9.17) is 10.2 Å². The topological polar surface area (TPSA) is 64.9 Å². The minimum atomic E-state index is 0.330. The average molecular weight is 199 g/mol. The molecule has 0 saturated heterocycles. The maximum Gasteiger partial charge on any atom is 0.276 e. The van der Waals surface area contributed by atoms with Crippen LogP contribution in [0.15, 0.2) is 9.64 Å². The molecule has 0 unspecified atom stereocenters. The van der Waals surface area contributed by atoms with Crippen LogP contribution in [-0.2, 0) is 6.54 Å². The first-order valence-electron chi connectivity index (χ1n) is 4.53. The molecule has 2 N–H and O–H groups in total.